The van der Waals surface area contributed by atoms with Gasteiger partial charge in [-0.3, -0.25) is 0 Å². The summed E-state index contributed by atoms with van der Waals surface area (Å²) in [6, 6.07) is -0.313. The molecule has 2 atom stereocenters. The third-order valence-corrected chi connectivity index (χ3v) is 3.57. The second-order valence-corrected chi connectivity index (χ2v) is 4.93. The number of alkyl carbamates (subject to hydrolysis) is 1. The van der Waals surface area contributed by atoms with Gasteiger partial charge in [-0.1, -0.05) is 0 Å². The van der Waals surface area contributed by atoms with Crippen molar-refractivity contribution in [2.24, 2.45) is 0 Å². The highest BCUT2D eigenvalue weighted by atomic mass is 32.2. The van der Waals surface area contributed by atoms with E-state index in [0.29, 0.717) is 0 Å². The van der Waals surface area contributed by atoms with Crippen LogP contribution in [0.4, 0.5) is 4.79 Å². The summed E-state index contributed by atoms with van der Waals surface area (Å²) in [4.78, 5) is 10.5. The molecule has 62 valence electrons. The van der Waals surface area contributed by atoms with Crippen molar-refractivity contribution < 1.29 is 17.9 Å². The van der Waals surface area contributed by atoms with Gasteiger partial charge in [0.05, 0.1) is 17.5 Å². The number of hydrogen-bond donors (Lipinski definition) is 1. The van der Waals surface area contributed by atoms with E-state index in [9.17, 15) is 13.2 Å². The quantitative estimate of drug-likeness (QED) is 0.509. The van der Waals surface area contributed by atoms with Crippen LogP contribution in [0.5, 0.6) is 0 Å². The van der Waals surface area contributed by atoms with Gasteiger partial charge in [-0.05, 0) is 0 Å². The van der Waals surface area contributed by atoms with Crippen LogP contribution in [0.25, 0.3) is 0 Å². The molecule has 2 aliphatic heterocycles. The highest BCUT2D eigenvalue weighted by Crippen LogP contribution is 2.20. The van der Waals surface area contributed by atoms with Crippen molar-refractivity contribution in [1.82, 2.24) is 5.32 Å². The van der Waals surface area contributed by atoms with E-state index in [-0.39, 0.29) is 17.5 Å². The molecule has 2 unspecified atom stereocenters. The molecule has 2 fully saturated rings. The minimum Gasteiger partial charge on any atom is -0.443 e. The van der Waals surface area contributed by atoms with Gasteiger partial charge in [-0.25, -0.2) is 13.2 Å². The third kappa shape index (κ3) is 1.07. The Morgan fingerprint density at radius 1 is 1.45 bits per heavy atom. The maximum absolute atomic E-state index is 10.9. The van der Waals surface area contributed by atoms with E-state index in [2.05, 4.69) is 5.32 Å². The van der Waals surface area contributed by atoms with Crippen LogP contribution < -0.4 is 5.32 Å². The first kappa shape index (κ1) is 6.90. The molecule has 0 spiro atoms. The molecular formula is C5H7NO4S. The number of hydrogen-bond acceptors (Lipinski definition) is 4. The van der Waals surface area contributed by atoms with Crippen molar-refractivity contribution in [2.45, 2.75) is 12.1 Å². The van der Waals surface area contributed by atoms with Crippen LogP contribution in [0, 0.1) is 0 Å². The Labute approximate surface area is 63.6 Å². The fourth-order valence-corrected chi connectivity index (χ4v) is 3.17. The van der Waals surface area contributed by atoms with Crippen LogP contribution >= 0.6 is 0 Å². The van der Waals surface area contributed by atoms with Crippen molar-refractivity contribution in [1.29, 1.82) is 0 Å². The number of amides is 1. The van der Waals surface area contributed by atoms with Crippen LogP contribution in [0.15, 0.2) is 0 Å². The number of ether oxygens (including phenoxy) is 1. The number of carbonyl (C=O) groups is 1. The molecule has 0 radical (unpaired) electrons. The molecule has 0 saturated carbocycles. The fourth-order valence-electron chi connectivity index (χ4n) is 1.39. The van der Waals surface area contributed by atoms with Gasteiger partial charge in [-0.2, -0.15) is 0 Å². The summed E-state index contributed by atoms with van der Waals surface area (Å²) in [6.45, 7) is 0. The Balaban J connectivity index is 2.22. The summed E-state index contributed by atoms with van der Waals surface area (Å²) < 4.78 is 26.5. The predicted molar refractivity (Wildman–Crippen MR) is 35.8 cm³/mol. The summed E-state index contributed by atoms with van der Waals surface area (Å²) in [5, 5.41) is 2.43. The molecule has 0 aliphatic carbocycles. The first-order valence-electron chi connectivity index (χ1n) is 3.24. The number of sulfone groups is 1. The maximum Gasteiger partial charge on any atom is 0.407 e. The Morgan fingerprint density at radius 3 is 2.82 bits per heavy atom. The first-order valence-corrected chi connectivity index (χ1v) is 5.06. The Bertz CT molecular complexity index is 274. The summed E-state index contributed by atoms with van der Waals surface area (Å²) in [7, 11) is -2.97. The predicted octanol–water partition coefficient (Wildman–Crippen LogP) is -1.11. The van der Waals surface area contributed by atoms with Gasteiger partial charge in [0.2, 0.25) is 0 Å². The van der Waals surface area contributed by atoms with Crippen molar-refractivity contribution in [3.63, 3.8) is 0 Å². The molecule has 6 heteroatoms. The van der Waals surface area contributed by atoms with Gasteiger partial charge >= 0.3 is 6.09 Å². The van der Waals surface area contributed by atoms with Gasteiger partial charge in [0.25, 0.3) is 0 Å². The van der Waals surface area contributed by atoms with E-state index >= 15 is 0 Å². The molecule has 1 N–H and O–H groups in total. The van der Waals surface area contributed by atoms with Gasteiger partial charge < -0.3 is 10.1 Å². The topological polar surface area (TPSA) is 72.5 Å². The van der Waals surface area contributed by atoms with E-state index in [1.165, 1.54) is 0 Å². The zero-order valence-corrected chi connectivity index (χ0v) is 6.43. The molecule has 2 heterocycles. The molecule has 0 aromatic rings. The lowest BCUT2D eigenvalue weighted by molar-refractivity contribution is 0.146. The highest BCUT2D eigenvalue weighted by Gasteiger charge is 2.45. The lowest BCUT2D eigenvalue weighted by atomic mass is 10.2. The lowest BCUT2D eigenvalue weighted by Gasteiger charge is -1.99. The molecule has 0 aromatic heterocycles. The van der Waals surface area contributed by atoms with Crippen LogP contribution in [-0.2, 0) is 14.6 Å². The number of nitrogens with one attached hydrogen (secondary N) is 1. The van der Waals surface area contributed by atoms with E-state index in [1.807, 2.05) is 0 Å². The minimum absolute atomic E-state index is 0.0173. The molecule has 11 heavy (non-hydrogen) atoms. The maximum atomic E-state index is 10.9. The average Bonchev–Trinajstić information content (AvgIpc) is 2.17. The summed E-state index contributed by atoms with van der Waals surface area (Å²) in [6.07, 6.45) is -0.956. The van der Waals surface area contributed by atoms with E-state index in [4.69, 9.17) is 4.74 Å². The molecule has 5 nitrogen and oxygen atoms in total. The molecule has 0 bridgehead atoms. The van der Waals surface area contributed by atoms with Crippen LogP contribution in [0.1, 0.15) is 0 Å². The van der Waals surface area contributed by atoms with Crippen molar-refractivity contribution >= 4 is 15.9 Å². The minimum atomic E-state index is -2.97. The smallest absolute Gasteiger partial charge is 0.407 e. The first-order chi connectivity index (χ1) is 5.07. The standard InChI is InChI=1S/C5H7NO4S/c7-5-6-3-1-11(8,9)2-4(3)10-5/h3-4H,1-2H2,(H,6,7). The van der Waals surface area contributed by atoms with Crippen LogP contribution in [0.3, 0.4) is 0 Å². The van der Waals surface area contributed by atoms with Crippen LogP contribution in [0.2, 0.25) is 0 Å². The zero-order chi connectivity index (χ0) is 8.06. The number of rotatable bonds is 0. The molecule has 2 aliphatic rings. The second kappa shape index (κ2) is 1.88. The molecule has 2 saturated heterocycles. The number of carbonyl (C=O) groups excluding carboxylic acids is 1. The fraction of sp³-hybridized carbons (Fsp3) is 0.800. The Kier molecular flexibility index (Phi) is 1.18. The third-order valence-electron chi connectivity index (χ3n) is 1.86. The van der Waals surface area contributed by atoms with Crippen molar-refractivity contribution in [2.75, 3.05) is 11.5 Å². The summed E-state index contributed by atoms with van der Waals surface area (Å²) >= 11 is 0. The van der Waals surface area contributed by atoms with Gasteiger partial charge in [0.15, 0.2) is 9.84 Å². The zero-order valence-electron chi connectivity index (χ0n) is 5.61. The van der Waals surface area contributed by atoms with Crippen molar-refractivity contribution in [3.8, 4) is 0 Å². The van der Waals surface area contributed by atoms with Crippen molar-refractivity contribution in [3.05, 3.63) is 0 Å². The number of fused-ring (bicyclic) bond motifs is 1. The molecule has 0 aromatic carbocycles. The SMILES string of the molecule is O=C1NC2CS(=O)(=O)CC2O1. The Hall–Kier alpha value is -0.780. The molecular weight excluding hydrogens is 170 g/mol. The summed E-state index contributed by atoms with van der Waals surface area (Å²) in [5.74, 6) is -0.0141. The summed E-state index contributed by atoms with van der Waals surface area (Å²) in [5.41, 5.74) is 0. The van der Waals surface area contributed by atoms with Gasteiger partial charge in [0, 0.05) is 0 Å². The van der Waals surface area contributed by atoms with Gasteiger partial charge in [-0.15, -0.1) is 0 Å². The molecule has 2 rings (SSSR count). The van der Waals surface area contributed by atoms with E-state index in [1.54, 1.807) is 0 Å². The second-order valence-electron chi connectivity index (χ2n) is 2.77. The Morgan fingerprint density at radius 2 is 2.18 bits per heavy atom. The lowest BCUT2D eigenvalue weighted by Crippen LogP contribution is -2.30. The van der Waals surface area contributed by atoms with Crippen LogP contribution in [-0.4, -0.2) is 38.2 Å². The normalized spacial score (nSPS) is 39.5. The van der Waals surface area contributed by atoms with Gasteiger partial charge in [0.1, 0.15) is 6.10 Å². The average molecular weight is 177 g/mol. The monoisotopic (exact) mass is 177 g/mol. The van der Waals surface area contributed by atoms with E-state index < -0.39 is 22.0 Å². The van der Waals surface area contributed by atoms with E-state index in [0.717, 1.165) is 0 Å². The highest BCUT2D eigenvalue weighted by molar-refractivity contribution is 7.91. The largest absolute Gasteiger partial charge is 0.443 e. The molecule has 1 amide bonds.